The Morgan fingerprint density at radius 1 is 0.903 bits per heavy atom. The van der Waals surface area contributed by atoms with Crippen LogP contribution in [0.25, 0.3) is 0 Å². The normalized spacial score (nSPS) is 13.8. The monoisotopic (exact) mass is 438 g/mol. The minimum atomic E-state index is -3.95. The molecular formula is C23H22N2O5S. The molecule has 3 aromatic carbocycles. The van der Waals surface area contributed by atoms with E-state index in [1.165, 1.54) is 12.1 Å². The van der Waals surface area contributed by atoms with Crippen molar-refractivity contribution in [3.63, 3.8) is 0 Å². The summed E-state index contributed by atoms with van der Waals surface area (Å²) in [7, 11) is -3.95. The van der Waals surface area contributed by atoms with Crippen LogP contribution in [0.5, 0.6) is 11.5 Å². The van der Waals surface area contributed by atoms with Crippen LogP contribution in [0.15, 0.2) is 77.7 Å². The Hall–Kier alpha value is -3.52. The van der Waals surface area contributed by atoms with E-state index in [1.54, 1.807) is 30.3 Å². The molecule has 0 saturated carbocycles. The van der Waals surface area contributed by atoms with E-state index in [0.29, 0.717) is 24.7 Å². The number of carbonyl (C=O) groups excluding carboxylic acids is 1. The van der Waals surface area contributed by atoms with Crippen LogP contribution in [0.2, 0.25) is 0 Å². The molecule has 0 saturated heterocycles. The Morgan fingerprint density at radius 2 is 1.58 bits per heavy atom. The first-order chi connectivity index (χ1) is 14.9. The second-order valence-corrected chi connectivity index (χ2v) is 8.74. The van der Waals surface area contributed by atoms with E-state index in [0.717, 1.165) is 5.56 Å². The molecule has 2 N–H and O–H groups in total. The Morgan fingerprint density at radius 3 is 2.35 bits per heavy atom. The van der Waals surface area contributed by atoms with Gasteiger partial charge >= 0.3 is 0 Å². The fourth-order valence-electron chi connectivity index (χ4n) is 3.26. The van der Waals surface area contributed by atoms with E-state index in [9.17, 15) is 13.2 Å². The number of anilines is 1. The zero-order chi connectivity index (χ0) is 21.8. The van der Waals surface area contributed by atoms with Crippen molar-refractivity contribution in [2.45, 2.75) is 17.9 Å². The molecule has 1 unspecified atom stereocenters. The lowest BCUT2D eigenvalue weighted by Gasteiger charge is -2.19. The summed E-state index contributed by atoms with van der Waals surface area (Å²) in [6.07, 6.45) is 0. The van der Waals surface area contributed by atoms with E-state index < -0.39 is 10.0 Å². The maximum Gasteiger partial charge on any atom is 0.262 e. The highest BCUT2D eigenvalue weighted by Gasteiger charge is 2.22. The molecule has 1 aliphatic heterocycles. The number of hydrogen-bond donors (Lipinski definition) is 2. The van der Waals surface area contributed by atoms with Gasteiger partial charge in [-0.1, -0.05) is 42.5 Å². The van der Waals surface area contributed by atoms with Crippen molar-refractivity contribution >= 4 is 21.6 Å². The molecule has 7 nitrogen and oxygen atoms in total. The summed E-state index contributed by atoms with van der Waals surface area (Å²) < 4.78 is 39.4. The summed E-state index contributed by atoms with van der Waals surface area (Å²) in [5.41, 5.74) is 1.37. The van der Waals surface area contributed by atoms with Crippen LogP contribution in [0.1, 0.15) is 28.9 Å². The van der Waals surface area contributed by atoms with Gasteiger partial charge in [0.2, 0.25) is 0 Å². The van der Waals surface area contributed by atoms with Crippen LogP contribution in [-0.4, -0.2) is 27.5 Å². The number of carbonyl (C=O) groups is 1. The van der Waals surface area contributed by atoms with E-state index in [-0.39, 0.29) is 28.1 Å². The van der Waals surface area contributed by atoms with Gasteiger partial charge in [0.15, 0.2) is 11.5 Å². The predicted molar refractivity (Wildman–Crippen MR) is 117 cm³/mol. The molecule has 0 aliphatic carbocycles. The molecule has 4 rings (SSSR count). The van der Waals surface area contributed by atoms with Gasteiger partial charge in [0.25, 0.3) is 15.9 Å². The van der Waals surface area contributed by atoms with E-state index >= 15 is 0 Å². The van der Waals surface area contributed by atoms with Gasteiger partial charge in [-0.2, -0.15) is 0 Å². The number of nitrogens with one attached hydrogen (secondary N) is 2. The molecule has 0 radical (unpaired) electrons. The molecule has 31 heavy (non-hydrogen) atoms. The third-order valence-corrected chi connectivity index (χ3v) is 6.25. The maximum absolute atomic E-state index is 13.0. The first-order valence-corrected chi connectivity index (χ1v) is 11.3. The van der Waals surface area contributed by atoms with Crippen LogP contribution in [0, 0.1) is 0 Å². The summed E-state index contributed by atoms with van der Waals surface area (Å²) in [6.45, 7) is 2.64. The molecule has 3 aromatic rings. The highest BCUT2D eigenvalue weighted by atomic mass is 32.2. The minimum absolute atomic E-state index is 0.0182. The van der Waals surface area contributed by atoms with Gasteiger partial charge in [-0.05, 0) is 36.8 Å². The lowest BCUT2D eigenvalue weighted by molar-refractivity contribution is 0.0941. The van der Waals surface area contributed by atoms with Crippen molar-refractivity contribution in [3.05, 3.63) is 83.9 Å². The Balaban J connectivity index is 1.56. The van der Waals surface area contributed by atoms with Crippen molar-refractivity contribution in [2.75, 3.05) is 17.9 Å². The first kappa shape index (κ1) is 20.7. The second kappa shape index (κ2) is 8.69. The lowest BCUT2D eigenvalue weighted by Crippen LogP contribution is -2.28. The van der Waals surface area contributed by atoms with Gasteiger partial charge in [-0.25, -0.2) is 8.42 Å². The van der Waals surface area contributed by atoms with E-state index in [4.69, 9.17) is 9.47 Å². The highest BCUT2D eigenvalue weighted by molar-refractivity contribution is 7.92. The van der Waals surface area contributed by atoms with Crippen LogP contribution in [0.4, 0.5) is 5.69 Å². The first-order valence-electron chi connectivity index (χ1n) is 9.81. The Kier molecular flexibility index (Phi) is 5.81. The average molecular weight is 439 g/mol. The molecule has 1 heterocycles. The van der Waals surface area contributed by atoms with E-state index in [2.05, 4.69) is 10.0 Å². The van der Waals surface area contributed by atoms with Crippen LogP contribution in [0.3, 0.4) is 0 Å². The summed E-state index contributed by atoms with van der Waals surface area (Å²) in [4.78, 5) is 12.9. The molecular weight excluding hydrogens is 416 g/mol. The predicted octanol–water partition coefficient (Wildman–Crippen LogP) is 3.75. The molecule has 1 atom stereocenters. The highest BCUT2D eigenvalue weighted by Crippen LogP contribution is 2.33. The van der Waals surface area contributed by atoms with Gasteiger partial charge in [0.1, 0.15) is 13.2 Å². The van der Waals surface area contributed by atoms with Crippen LogP contribution < -0.4 is 19.5 Å². The summed E-state index contributed by atoms with van der Waals surface area (Å²) in [6, 6.07) is 20.2. The van der Waals surface area contributed by atoms with Crippen molar-refractivity contribution in [1.82, 2.24) is 5.32 Å². The van der Waals surface area contributed by atoms with Gasteiger partial charge in [-0.3, -0.25) is 9.52 Å². The third-order valence-electron chi connectivity index (χ3n) is 4.89. The number of hydrogen-bond acceptors (Lipinski definition) is 5. The van der Waals surface area contributed by atoms with Gasteiger partial charge < -0.3 is 14.8 Å². The second-order valence-electron chi connectivity index (χ2n) is 7.06. The molecule has 160 valence electrons. The maximum atomic E-state index is 13.0. The number of rotatable bonds is 6. The fraction of sp³-hybridized carbons (Fsp3) is 0.174. The molecule has 0 spiro atoms. The molecule has 1 aliphatic rings. The Bertz CT molecular complexity index is 1200. The molecule has 1 amide bonds. The molecule has 0 aromatic heterocycles. The van der Waals surface area contributed by atoms with Crippen molar-refractivity contribution in [1.29, 1.82) is 0 Å². The molecule has 0 bridgehead atoms. The largest absolute Gasteiger partial charge is 0.486 e. The van der Waals surface area contributed by atoms with E-state index in [1.807, 2.05) is 37.3 Å². The third kappa shape index (κ3) is 4.64. The average Bonchev–Trinajstić information content (AvgIpc) is 2.79. The topological polar surface area (TPSA) is 93.7 Å². The SMILES string of the molecule is CC(NC(=O)c1ccccc1NS(=O)(=O)c1ccc2c(c1)OCCO2)c1ccccc1. The summed E-state index contributed by atoms with van der Waals surface area (Å²) >= 11 is 0. The zero-order valence-electron chi connectivity index (χ0n) is 16.9. The molecule has 8 heteroatoms. The van der Waals surface area contributed by atoms with Gasteiger partial charge in [-0.15, -0.1) is 0 Å². The lowest BCUT2D eigenvalue weighted by atomic mass is 10.1. The van der Waals surface area contributed by atoms with Gasteiger partial charge in [0.05, 0.1) is 22.2 Å². The standard InChI is InChI=1S/C23H22N2O5S/c1-16(17-7-3-2-4-8-17)24-23(26)19-9-5-6-10-20(19)25-31(27,28)18-11-12-21-22(15-18)30-14-13-29-21/h2-12,15-16,25H,13-14H2,1H3,(H,24,26). The van der Waals surface area contributed by atoms with Gasteiger partial charge in [0, 0.05) is 6.07 Å². The van der Waals surface area contributed by atoms with Crippen molar-refractivity contribution < 1.29 is 22.7 Å². The summed E-state index contributed by atoms with van der Waals surface area (Å²) in [5.74, 6) is 0.494. The minimum Gasteiger partial charge on any atom is -0.486 e. The zero-order valence-corrected chi connectivity index (χ0v) is 17.7. The number of sulfonamides is 1. The Labute approximate surface area is 181 Å². The molecule has 0 fully saturated rings. The van der Waals surface area contributed by atoms with Crippen molar-refractivity contribution in [2.24, 2.45) is 0 Å². The van der Waals surface area contributed by atoms with Crippen molar-refractivity contribution in [3.8, 4) is 11.5 Å². The number of para-hydroxylation sites is 1. The number of benzene rings is 3. The smallest absolute Gasteiger partial charge is 0.262 e. The van der Waals surface area contributed by atoms with Crippen LogP contribution in [-0.2, 0) is 10.0 Å². The number of fused-ring (bicyclic) bond motifs is 1. The quantitative estimate of drug-likeness (QED) is 0.611. The fourth-order valence-corrected chi connectivity index (χ4v) is 4.36. The summed E-state index contributed by atoms with van der Waals surface area (Å²) in [5, 5.41) is 2.91. The van der Waals surface area contributed by atoms with Crippen LogP contribution >= 0.6 is 0 Å². The number of ether oxygens (including phenoxy) is 2. The number of amides is 1.